The summed E-state index contributed by atoms with van der Waals surface area (Å²) >= 11 is 0. The molecule has 0 saturated heterocycles. The highest BCUT2D eigenvalue weighted by molar-refractivity contribution is 7.92. The summed E-state index contributed by atoms with van der Waals surface area (Å²) in [6.07, 6.45) is 2.70. The lowest BCUT2D eigenvalue weighted by atomic mass is 10.1. The highest BCUT2D eigenvalue weighted by Crippen LogP contribution is 2.22. The van der Waals surface area contributed by atoms with Gasteiger partial charge in [-0.25, -0.2) is 23.4 Å². The number of nitrogens with zero attached hydrogens (tertiary/aromatic N) is 3. The van der Waals surface area contributed by atoms with Crippen LogP contribution in [0.1, 0.15) is 0 Å². The molecule has 114 valence electrons. The van der Waals surface area contributed by atoms with Gasteiger partial charge in [0.25, 0.3) is 10.0 Å². The Morgan fingerprint density at radius 2 is 1.78 bits per heavy atom. The van der Waals surface area contributed by atoms with Crippen molar-refractivity contribution < 1.29 is 8.42 Å². The lowest BCUT2D eigenvalue weighted by Crippen LogP contribution is -2.14. The lowest BCUT2D eigenvalue weighted by Gasteiger charge is -2.08. The molecular formula is C15H11N5O2S. The van der Waals surface area contributed by atoms with E-state index in [-0.39, 0.29) is 10.7 Å². The summed E-state index contributed by atoms with van der Waals surface area (Å²) in [6, 6.07) is 12.5. The van der Waals surface area contributed by atoms with Gasteiger partial charge in [0.2, 0.25) is 0 Å². The van der Waals surface area contributed by atoms with E-state index in [4.69, 9.17) is 0 Å². The maximum absolute atomic E-state index is 12.6. The van der Waals surface area contributed by atoms with Crippen LogP contribution in [0.5, 0.6) is 0 Å². The monoisotopic (exact) mass is 325 g/mol. The van der Waals surface area contributed by atoms with Crippen LogP contribution in [-0.4, -0.2) is 28.4 Å². The Labute approximate surface area is 131 Å². The van der Waals surface area contributed by atoms with Gasteiger partial charge < -0.3 is 4.98 Å². The molecule has 0 aliphatic carbocycles. The summed E-state index contributed by atoms with van der Waals surface area (Å²) < 4.78 is 27.7. The van der Waals surface area contributed by atoms with Crippen molar-refractivity contribution in [2.24, 2.45) is 0 Å². The molecule has 2 aromatic carbocycles. The smallest absolute Gasteiger partial charge is 0.263 e. The second kappa shape index (κ2) is 5.03. The summed E-state index contributed by atoms with van der Waals surface area (Å²) in [7, 11) is -3.76. The van der Waals surface area contributed by atoms with Crippen molar-refractivity contribution in [3.63, 3.8) is 0 Å². The van der Waals surface area contributed by atoms with Gasteiger partial charge in [-0.2, -0.15) is 0 Å². The van der Waals surface area contributed by atoms with Crippen LogP contribution < -0.4 is 4.72 Å². The molecule has 4 rings (SSSR count). The van der Waals surface area contributed by atoms with Crippen molar-refractivity contribution in [1.82, 2.24) is 19.9 Å². The average molecular weight is 325 g/mol. The number of anilines is 1. The third kappa shape index (κ3) is 2.38. The molecule has 23 heavy (non-hydrogen) atoms. The summed E-state index contributed by atoms with van der Waals surface area (Å²) in [6.45, 7) is 0. The quantitative estimate of drug-likeness (QED) is 0.602. The molecule has 0 atom stereocenters. The van der Waals surface area contributed by atoms with Gasteiger partial charge in [0.15, 0.2) is 11.5 Å². The molecule has 0 saturated carbocycles. The summed E-state index contributed by atoms with van der Waals surface area (Å²) in [5.74, 6) is 0.167. The van der Waals surface area contributed by atoms with Crippen LogP contribution in [0.15, 0.2) is 60.0 Å². The van der Waals surface area contributed by atoms with Gasteiger partial charge in [-0.1, -0.05) is 30.3 Å². The summed E-state index contributed by atoms with van der Waals surface area (Å²) in [5.41, 5.74) is 0.841. The number of fused-ring (bicyclic) bond motifs is 2. The molecule has 7 nitrogen and oxygen atoms in total. The topological polar surface area (TPSA) is 101 Å². The Balaban J connectivity index is 1.78. The number of imidazole rings is 1. The number of hydrogen-bond acceptors (Lipinski definition) is 5. The third-order valence-electron chi connectivity index (χ3n) is 3.49. The number of aromatic nitrogens is 4. The SMILES string of the molecule is O=S(=O)(Nc1ncnc2nc[nH]c12)c1ccc2ccccc2c1. The zero-order valence-electron chi connectivity index (χ0n) is 11.8. The molecule has 0 radical (unpaired) electrons. The highest BCUT2D eigenvalue weighted by Gasteiger charge is 2.17. The molecule has 8 heteroatoms. The first kappa shape index (κ1) is 13.6. The largest absolute Gasteiger partial charge is 0.340 e. The van der Waals surface area contributed by atoms with E-state index in [1.54, 1.807) is 18.2 Å². The van der Waals surface area contributed by atoms with Crippen molar-refractivity contribution in [2.45, 2.75) is 4.90 Å². The number of H-pyrrole nitrogens is 1. The number of nitrogens with one attached hydrogen (secondary N) is 2. The predicted molar refractivity (Wildman–Crippen MR) is 86.4 cm³/mol. The Kier molecular flexibility index (Phi) is 2.98. The second-order valence-corrected chi connectivity index (χ2v) is 6.62. The van der Waals surface area contributed by atoms with Crippen LogP contribution in [0, 0.1) is 0 Å². The van der Waals surface area contributed by atoms with E-state index in [2.05, 4.69) is 24.7 Å². The summed E-state index contributed by atoms with van der Waals surface area (Å²) in [5, 5.41) is 1.83. The van der Waals surface area contributed by atoms with Gasteiger partial charge in [-0.05, 0) is 22.9 Å². The van der Waals surface area contributed by atoms with Crippen molar-refractivity contribution in [2.75, 3.05) is 4.72 Å². The van der Waals surface area contributed by atoms with Crippen molar-refractivity contribution in [1.29, 1.82) is 0 Å². The van der Waals surface area contributed by atoms with Gasteiger partial charge in [-0.3, -0.25) is 4.72 Å². The normalized spacial score (nSPS) is 11.8. The van der Waals surface area contributed by atoms with Crippen molar-refractivity contribution in [3.05, 3.63) is 55.1 Å². The van der Waals surface area contributed by atoms with E-state index in [1.807, 2.05) is 24.3 Å². The number of sulfonamides is 1. The molecule has 0 unspecified atom stereocenters. The first-order chi connectivity index (χ1) is 11.1. The number of hydrogen-bond donors (Lipinski definition) is 2. The highest BCUT2D eigenvalue weighted by atomic mass is 32.2. The molecule has 0 aliphatic rings. The molecule has 0 spiro atoms. The predicted octanol–water partition coefficient (Wildman–Crippen LogP) is 2.31. The molecule has 0 bridgehead atoms. The molecule has 0 amide bonds. The van der Waals surface area contributed by atoms with E-state index in [1.165, 1.54) is 12.7 Å². The van der Waals surface area contributed by atoms with E-state index in [0.717, 1.165) is 10.8 Å². The van der Waals surface area contributed by atoms with E-state index >= 15 is 0 Å². The molecule has 2 heterocycles. The van der Waals surface area contributed by atoms with Crippen LogP contribution in [0.25, 0.3) is 21.9 Å². The molecular weight excluding hydrogens is 314 g/mol. The fourth-order valence-electron chi connectivity index (χ4n) is 2.36. The minimum atomic E-state index is -3.76. The first-order valence-corrected chi connectivity index (χ1v) is 8.27. The van der Waals surface area contributed by atoms with Gasteiger partial charge in [0.05, 0.1) is 11.2 Å². The minimum absolute atomic E-state index is 0.167. The zero-order valence-corrected chi connectivity index (χ0v) is 12.6. The van der Waals surface area contributed by atoms with Crippen LogP contribution >= 0.6 is 0 Å². The Hall–Kier alpha value is -3.00. The maximum Gasteiger partial charge on any atom is 0.263 e. The number of benzene rings is 2. The first-order valence-electron chi connectivity index (χ1n) is 6.79. The van der Waals surface area contributed by atoms with Gasteiger partial charge in [-0.15, -0.1) is 0 Å². The molecule has 4 aromatic rings. The van der Waals surface area contributed by atoms with Crippen LogP contribution in [-0.2, 0) is 10.0 Å². The van der Waals surface area contributed by atoms with Gasteiger partial charge in [0.1, 0.15) is 11.8 Å². The Morgan fingerprint density at radius 3 is 2.65 bits per heavy atom. The maximum atomic E-state index is 12.6. The number of rotatable bonds is 3. The van der Waals surface area contributed by atoms with Crippen LogP contribution in [0.4, 0.5) is 5.82 Å². The molecule has 2 aromatic heterocycles. The van der Waals surface area contributed by atoms with Crippen LogP contribution in [0.2, 0.25) is 0 Å². The van der Waals surface area contributed by atoms with Crippen molar-refractivity contribution >= 4 is 37.8 Å². The van der Waals surface area contributed by atoms with Gasteiger partial charge in [0, 0.05) is 0 Å². The zero-order chi connectivity index (χ0) is 15.9. The second-order valence-electron chi connectivity index (χ2n) is 4.94. The van der Waals surface area contributed by atoms with Crippen molar-refractivity contribution in [3.8, 4) is 0 Å². The van der Waals surface area contributed by atoms with E-state index in [0.29, 0.717) is 11.2 Å². The third-order valence-corrected chi connectivity index (χ3v) is 4.82. The van der Waals surface area contributed by atoms with E-state index in [9.17, 15) is 8.42 Å². The van der Waals surface area contributed by atoms with E-state index < -0.39 is 10.0 Å². The minimum Gasteiger partial charge on any atom is -0.340 e. The average Bonchev–Trinajstić information content (AvgIpc) is 3.04. The molecule has 2 N–H and O–H groups in total. The van der Waals surface area contributed by atoms with Crippen LogP contribution in [0.3, 0.4) is 0 Å². The fraction of sp³-hybridized carbons (Fsp3) is 0. The molecule has 0 fully saturated rings. The molecule has 0 aliphatic heterocycles. The Bertz CT molecular complexity index is 1120. The number of aromatic amines is 1. The lowest BCUT2D eigenvalue weighted by molar-refractivity contribution is 0.601. The summed E-state index contributed by atoms with van der Waals surface area (Å²) in [4.78, 5) is 14.9. The standard InChI is InChI=1S/C15H11N5O2S/c21-23(22,12-6-5-10-3-1-2-4-11(10)7-12)20-15-13-14(17-8-16-13)18-9-19-15/h1-9H,(H2,16,17,18,19,20). The van der Waals surface area contributed by atoms with Gasteiger partial charge >= 0.3 is 0 Å². The Morgan fingerprint density at radius 1 is 0.957 bits per heavy atom. The fourth-order valence-corrected chi connectivity index (χ4v) is 3.42.